The molecular weight excluding hydrogens is 412 g/mol. The molecule has 4 nitrogen and oxygen atoms in total. The first-order valence-corrected chi connectivity index (χ1v) is 10.8. The monoisotopic (exact) mass is 440 g/mol. The molecule has 4 heteroatoms. The fourth-order valence-electron chi connectivity index (χ4n) is 4.27. The van der Waals surface area contributed by atoms with Gasteiger partial charge in [0.15, 0.2) is 0 Å². The second-order valence-electron chi connectivity index (χ2n) is 7.87. The first kappa shape index (κ1) is 22.3. The van der Waals surface area contributed by atoms with Crippen molar-refractivity contribution in [1.29, 1.82) is 0 Å². The molecule has 4 aromatic carbocycles. The lowest BCUT2D eigenvalue weighted by atomic mass is 9.73. The van der Waals surface area contributed by atoms with Crippen molar-refractivity contribution in [1.82, 2.24) is 0 Å². The van der Waals surface area contributed by atoms with E-state index in [1.54, 1.807) is 33.5 Å². The van der Waals surface area contributed by atoms with Crippen molar-refractivity contribution in [2.24, 2.45) is 0 Å². The van der Waals surface area contributed by atoms with Crippen molar-refractivity contribution in [2.45, 2.75) is 11.8 Å². The predicted octanol–water partition coefficient (Wildman–Crippen LogP) is 6.38. The molecule has 4 aromatic rings. The molecule has 0 aromatic heterocycles. The van der Waals surface area contributed by atoms with Gasteiger partial charge >= 0.3 is 0 Å². The summed E-state index contributed by atoms with van der Waals surface area (Å²) < 4.78 is 16.2. The van der Waals surface area contributed by atoms with E-state index in [1.807, 2.05) is 48.5 Å². The normalized spacial score (nSPS) is 11.8. The van der Waals surface area contributed by atoms with Gasteiger partial charge < -0.3 is 19.3 Å². The zero-order valence-electron chi connectivity index (χ0n) is 19.1. The smallest absolute Gasteiger partial charge is 0.118 e. The number of ether oxygens (including phenoxy) is 3. The lowest BCUT2D eigenvalue weighted by Crippen LogP contribution is -2.15. The van der Waals surface area contributed by atoms with Gasteiger partial charge in [0.05, 0.1) is 21.3 Å². The van der Waals surface area contributed by atoms with Crippen LogP contribution in [-0.4, -0.2) is 26.4 Å². The van der Waals surface area contributed by atoms with Gasteiger partial charge in [0.2, 0.25) is 0 Å². The van der Waals surface area contributed by atoms with Gasteiger partial charge in [0.25, 0.3) is 0 Å². The minimum Gasteiger partial charge on any atom is -0.508 e. The number of benzene rings is 4. The highest BCUT2D eigenvalue weighted by Crippen LogP contribution is 2.44. The van der Waals surface area contributed by atoms with Crippen LogP contribution in [0.3, 0.4) is 0 Å². The molecule has 0 fully saturated rings. The molecule has 0 aliphatic rings. The highest BCUT2D eigenvalue weighted by Gasteiger charge is 2.28. The summed E-state index contributed by atoms with van der Waals surface area (Å²) in [5.41, 5.74) is 4.58. The Morgan fingerprint density at radius 1 is 0.424 bits per heavy atom. The maximum atomic E-state index is 9.92. The quantitative estimate of drug-likeness (QED) is 0.345. The average Bonchev–Trinajstić information content (AvgIpc) is 2.88. The lowest BCUT2D eigenvalue weighted by molar-refractivity contribution is 0.414. The van der Waals surface area contributed by atoms with Crippen LogP contribution in [0.25, 0.3) is 0 Å². The third-order valence-corrected chi connectivity index (χ3v) is 6.01. The van der Waals surface area contributed by atoms with E-state index in [0.29, 0.717) is 0 Å². The second-order valence-corrected chi connectivity index (χ2v) is 7.87. The van der Waals surface area contributed by atoms with Crippen LogP contribution in [0.5, 0.6) is 23.0 Å². The predicted molar refractivity (Wildman–Crippen MR) is 131 cm³/mol. The Morgan fingerprint density at radius 3 is 0.909 bits per heavy atom. The van der Waals surface area contributed by atoms with Crippen molar-refractivity contribution >= 4 is 0 Å². The summed E-state index contributed by atoms with van der Waals surface area (Å²) in [6, 6.07) is 32.1. The van der Waals surface area contributed by atoms with Gasteiger partial charge in [-0.15, -0.1) is 0 Å². The molecule has 0 saturated heterocycles. The minimum absolute atomic E-state index is 0.00158. The van der Waals surface area contributed by atoms with Crippen LogP contribution >= 0.6 is 0 Å². The maximum Gasteiger partial charge on any atom is 0.118 e. The van der Waals surface area contributed by atoms with Crippen LogP contribution in [0.1, 0.15) is 34.1 Å². The number of hydrogen-bond acceptors (Lipinski definition) is 4. The van der Waals surface area contributed by atoms with Crippen LogP contribution in [0.4, 0.5) is 0 Å². The molecule has 0 spiro atoms. The zero-order valence-corrected chi connectivity index (χ0v) is 19.1. The third-order valence-electron chi connectivity index (χ3n) is 6.01. The molecule has 33 heavy (non-hydrogen) atoms. The van der Waals surface area contributed by atoms with E-state index in [4.69, 9.17) is 14.2 Å². The average molecular weight is 441 g/mol. The van der Waals surface area contributed by atoms with Crippen molar-refractivity contribution in [3.63, 3.8) is 0 Å². The van der Waals surface area contributed by atoms with E-state index in [-0.39, 0.29) is 17.6 Å². The van der Waals surface area contributed by atoms with Gasteiger partial charge in [-0.1, -0.05) is 48.5 Å². The summed E-state index contributed by atoms with van der Waals surface area (Å²) in [6.07, 6.45) is 0. The van der Waals surface area contributed by atoms with Crippen LogP contribution in [0, 0.1) is 0 Å². The van der Waals surface area contributed by atoms with E-state index in [2.05, 4.69) is 36.4 Å². The Bertz CT molecular complexity index is 1100. The van der Waals surface area contributed by atoms with Gasteiger partial charge in [-0.2, -0.15) is 0 Å². The van der Waals surface area contributed by atoms with Crippen molar-refractivity contribution in [2.75, 3.05) is 21.3 Å². The van der Waals surface area contributed by atoms with Crippen LogP contribution < -0.4 is 14.2 Å². The summed E-state index contributed by atoms with van der Waals surface area (Å²) in [5, 5.41) is 9.92. The molecule has 0 radical (unpaired) electrons. The molecule has 4 rings (SSSR count). The molecule has 0 aliphatic heterocycles. The van der Waals surface area contributed by atoms with Crippen LogP contribution in [-0.2, 0) is 0 Å². The zero-order chi connectivity index (χ0) is 23.2. The molecule has 0 aliphatic carbocycles. The fraction of sp³-hybridized carbons (Fsp3) is 0.172. The minimum atomic E-state index is -0.00158. The molecule has 0 saturated carbocycles. The number of aromatic hydroxyl groups is 1. The van der Waals surface area contributed by atoms with Gasteiger partial charge in [-0.05, 0) is 70.8 Å². The summed E-state index contributed by atoms with van der Waals surface area (Å²) in [4.78, 5) is 0. The van der Waals surface area contributed by atoms with E-state index < -0.39 is 0 Å². The Morgan fingerprint density at radius 2 is 0.667 bits per heavy atom. The molecule has 1 atom stereocenters. The van der Waals surface area contributed by atoms with Gasteiger partial charge in [0, 0.05) is 11.8 Å². The number of methoxy groups -OCH3 is 3. The Labute approximate surface area is 195 Å². The second kappa shape index (κ2) is 10.1. The van der Waals surface area contributed by atoms with Gasteiger partial charge in [-0.3, -0.25) is 0 Å². The first-order valence-electron chi connectivity index (χ1n) is 10.8. The van der Waals surface area contributed by atoms with Crippen molar-refractivity contribution in [3.05, 3.63) is 119 Å². The maximum absolute atomic E-state index is 9.92. The fourth-order valence-corrected chi connectivity index (χ4v) is 4.27. The first-order chi connectivity index (χ1) is 16.1. The molecule has 168 valence electrons. The molecular formula is C29H28O4. The largest absolute Gasteiger partial charge is 0.508 e. The highest BCUT2D eigenvalue weighted by molar-refractivity contribution is 5.48. The molecule has 1 N–H and O–H groups in total. The van der Waals surface area contributed by atoms with Crippen molar-refractivity contribution in [3.8, 4) is 23.0 Å². The standard InChI is InChI=1S/C29H28O4/c1-31-25-14-6-21(7-15-25)28(20-4-12-24(30)13-5-20)29(22-8-16-26(32-2)17-9-22)23-10-18-27(33-3)19-11-23/h4-19,28-30H,1-3H3. The lowest BCUT2D eigenvalue weighted by Gasteiger charge is -2.30. The van der Waals surface area contributed by atoms with E-state index in [1.165, 1.54) is 0 Å². The molecule has 1 unspecified atom stereocenters. The topological polar surface area (TPSA) is 47.9 Å². The van der Waals surface area contributed by atoms with Gasteiger partial charge in [-0.25, -0.2) is 0 Å². The Hall–Kier alpha value is -3.92. The third kappa shape index (κ3) is 4.96. The molecule has 0 bridgehead atoms. The van der Waals surface area contributed by atoms with Crippen LogP contribution in [0.15, 0.2) is 97.1 Å². The summed E-state index contributed by atoms with van der Waals surface area (Å²) in [5.74, 6) is 2.71. The summed E-state index contributed by atoms with van der Waals surface area (Å²) >= 11 is 0. The number of phenolic OH excluding ortho intramolecular Hbond substituents is 1. The summed E-state index contributed by atoms with van der Waals surface area (Å²) in [7, 11) is 5.02. The Balaban J connectivity index is 1.90. The van der Waals surface area contributed by atoms with E-state index >= 15 is 0 Å². The van der Waals surface area contributed by atoms with Crippen LogP contribution in [0.2, 0.25) is 0 Å². The summed E-state index contributed by atoms with van der Waals surface area (Å²) in [6.45, 7) is 0. The number of phenols is 1. The van der Waals surface area contributed by atoms with Crippen molar-refractivity contribution < 1.29 is 19.3 Å². The Kier molecular flexibility index (Phi) is 6.84. The number of rotatable bonds is 8. The highest BCUT2D eigenvalue weighted by atomic mass is 16.5. The molecule has 0 amide bonds. The SMILES string of the molecule is COc1ccc(C(c2ccc(O)cc2)C(c2ccc(OC)cc2)c2ccc(OC)cc2)cc1. The van der Waals surface area contributed by atoms with E-state index in [9.17, 15) is 5.11 Å². The van der Waals surface area contributed by atoms with Gasteiger partial charge in [0.1, 0.15) is 23.0 Å². The number of hydrogen-bond donors (Lipinski definition) is 1. The van der Waals surface area contributed by atoms with E-state index in [0.717, 1.165) is 39.5 Å². The molecule has 0 heterocycles.